The molecule has 1 fully saturated rings. The monoisotopic (exact) mass is 348 g/mol. The van der Waals surface area contributed by atoms with Crippen molar-refractivity contribution in [2.45, 2.75) is 33.7 Å². The fraction of sp³-hybridized carbons (Fsp3) is 0.647. The second-order valence-electron chi connectivity index (χ2n) is 6.53. The first kappa shape index (κ1) is 21.5. The Balaban J connectivity index is 0.00000220. The Morgan fingerprint density at radius 1 is 1.14 bits per heavy atom. The SMILES string of the molecule is CCOc1ccccc1[C@@H](N1CCNCC1)C(C)(C)C.Cl.Cl. The van der Waals surface area contributed by atoms with Crippen LogP contribution in [0.3, 0.4) is 0 Å². The van der Waals surface area contributed by atoms with Crippen LogP contribution in [0.15, 0.2) is 24.3 Å². The summed E-state index contributed by atoms with van der Waals surface area (Å²) in [4.78, 5) is 2.59. The van der Waals surface area contributed by atoms with Crippen LogP contribution >= 0.6 is 24.8 Å². The third kappa shape index (κ3) is 5.31. The Labute approximate surface area is 147 Å². The molecule has 0 bridgehead atoms. The zero-order valence-corrected chi connectivity index (χ0v) is 15.7. The van der Waals surface area contributed by atoms with E-state index in [1.165, 1.54) is 5.56 Å². The molecular formula is C17H30Cl2N2O. The van der Waals surface area contributed by atoms with Crippen molar-refractivity contribution in [2.75, 3.05) is 32.8 Å². The van der Waals surface area contributed by atoms with Gasteiger partial charge in [-0.2, -0.15) is 0 Å². The number of nitrogens with zero attached hydrogens (tertiary/aromatic N) is 1. The van der Waals surface area contributed by atoms with E-state index in [1.54, 1.807) is 0 Å². The van der Waals surface area contributed by atoms with E-state index in [2.05, 4.69) is 55.3 Å². The Morgan fingerprint density at radius 2 is 1.73 bits per heavy atom. The molecule has 1 N–H and O–H groups in total. The van der Waals surface area contributed by atoms with Gasteiger partial charge in [0.05, 0.1) is 6.61 Å². The van der Waals surface area contributed by atoms with Gasteiger partial charge in [-0.25, -0.2) is 0 Å². The lowest BCUT2D eigenvalue weighted by molar-refractivity contribution is 0.0836. The molecule has 1 aliphatic rings. The molecule has 0 amide bonds. The Bertz CT molecular complexity index is 429. The number of para-hydroxylation sites is 1. The molecule has 1 aliphatic heterocycles. The van der Waals surface area contributed by atoms with Crippen LogP contribution in [-0.2, 0) is 0 Å². The van der Waals surface area contributed by atoms with Gasteiger partial charge < -0.3 is 10.1 Å². The molecule has 1 atom stereocenters. The largest absolute Gasteiger partial charge is 0.494 e. The van der Waals surface area contributed by atoms with Crippen LogP contribution < -0.4 is 10.1 Å². The van der Waals surface area contributed by atoms with Gasteiger partial charge in [-0.15, -0.1) is 24.8 Å². The summed E-state index contributed by atoms with van der Waals surface area (Å²) >= 11 is 0. The van der Waals surface area contributed by atoms with E-state index in [0.717, 1.165) is 38.5 Å². The molecule has 1 heterocycles. The summed E-state index contributed by atoms with van der Waals surface area (Å²) in [6.07, 6.45) is 0. The van der Waals surface area contributed by atoms with Crippen LogP contribution in [0.25, 0.3) is 0 Å². The number of piperazine rings is 1. The van der Waals surface area contributed by atoms with Crippen molar-refractivity contribution in [3.8, 4) is 5.75 Å². The van der Waals surface area contributed by atoms with Crippen LogP contribution in [0.1, 0.15) is 39.3 Å². The number of hydrogen-bond acceptors (Lipinski definition) is 3. The summed E-state index contributed by atoms with van der Waals surface area (Å²) in [7, 11) is 0. The molecule has 0 spiro atoms. The van der Waals surface area contributed by atoms with E-state index < -0.39 is 0 Å². The first-order chi connectivity index (χ1) is 9.54. The lowest BCUT2D eigenvalue weighted by atomic mass is 9.80. The van der Waals surface area contributed by atoms with Crippen molar-refractivity contribution in [3.05, 3.63) is 29.8 Å². The number of nitrogens with one attached hydrogen (secondary N) is 1. The second kappa shape index (κ2) is 9.61. The maximum absolute atomic E-state index is 5.86. The number of rotatable bonds is 4. The molecule has 0 aromatic heterocycles. The Morgan fingerprint density at radius 3 is 2.27 bits per heavy atom. The summed E-state index contributed by atoms with van der Waals surface area (Å²) in [6.45, 7) is 14.1. The second-order valence-corrected chi connectivity index (χ2v) is 6.53. The molecule has 0 unspecified atom stereocenters. The van der Waals surface area contributed by atoms with Gasteiger partial charge >= 0.3 is 0 Å². The normalized spacial score (nSPS) is 17.1. The lowest BCUT2D eigenvalue weighted by Gasteiger charge is -2.43. The molecule has 128 valence electrons. The molecule has 1 aromatic carbocycles. The highest BCUT2D eigenvalue weighted by Crippen LogP contribution is 2.41. The molecule has 1 aromatic rings. The van der Waals surface area contributed by atoms with Crippen molar-refractivity contribution < 1.29 is 4.74 Å². The van der Waals surface area contributed by atoms with Crippen LogP contribution in [-0.4, -0.2) is 37.7 Å². The zero-order chi connectivity index (χ0) is 14.6. The average Bonchev–Trinajstić information content (AvgIpc) is 2.41. The quantitative estimate of drug-likeness (QED) is 0.892. The fourth-order valence-corrected chi connectivity index (χ4v) is 3.14. The van der Waals surface area contributed by atoms with Crippen molar-refractivity contribution in [3.63, 3.8) is 0 Å². The van der Waals surface area contributed by atoms with E-state index in [0.29, 0.717) is 6.04 Å². The highest BCUT2D eigenvalue weighted by molar-refractivity contribution is 5.85. The predicted octanol–water partition coefficient (Wildman–Crippen LogP) is 3.92. The summed E-state index contributed by atoms with van der Waals surface area (Å²) in [5.74, 6) is 1.04. The molecule has 2 rings (SSSR count). The fourth-order valence-electron chi connectivity index (χ4n) is 3.14. The minimum Gasteiger partial charge on any atom is -0.494 e. The molecular weight excluding hydrogens is 319 g/mol. The van der Waals surface area contributed by atoms with Gasteiger partial charge in [0.15, 0.2) is 0 Å². The van der Waals surface area contributed by atoms with Gasteiger partial charge in [0.1, 0.15) is 5.75 Å². The Hall–Kier alpha value is -0.480. The maximum atomic E-state index is 5.86. The van der Waals surface area contributed by atoms with Crippen LogP contribution in [0.5, 0.6) is 5.75 Å². The number of hydrogen-bond donors (Lipinski definition) is 1. The van der Waals surface area contributed by atoms with Crippen LogP contribution in [0.4, 0.5) is 0 Å². The van der Waals surface area contributed by atoms with Gasteiger partial charge in [0.25, 0.3) is 0 Å². The van der Waals surface area contributed by atoms with Gasteiger partial charge in [-0.3, -0.25) is 4.90 Å². The third-order valence-corrected chi connectivity index (χ3v) is 3.85. The molecule has 0 radical (unpaired) electrons. The first-order valence-corrected chi connectivity index (χ1v) is 7.70. The van der Waals surface area contributed by atoms with Gasteiger partial charge in [0.2, 0.25) is 0 Å². The summed E-state index contributed by atoms with van der Waals surface area (Å²) in [5.41, 5.74) is 1.51. The Kier molecular flexibility index (Phi) is 9.40. The molecule has 1 saturated heterocycles. The highest BCUT2D eigenvalue weighted by atomic mass is 35.5. The summed E-state index contributed by atoms with van der Waals surface area (Å²) in [5, 5.41) is 3.44. The minimum atomic E-state index is 0. The highest BCUT2D eigenvalue weighted by Gasteiger charge is 2.34. The van der Waals surface area contributed by atoms with Gasteiger partial charge in [-0.1, -0.05) is 39.0 Å². The lowest BCUT2D eigenvalue weighted by Crippen LogP contribution is -2.48. The standard InChI is InChI=1S/C17H28N2O.2ClH/c1-5-20-15-9-7-6-8-14(15)16(17(2,3)4)19-12-10-18-11-13-19;;/h6-9,16,18H,5,10-13H2,1-4H3;2*1H/t16-;;/m1../s1. The molecule has 0 aliphatic carbocycles. The smallest absolute Gasteiger partial charge is 0.124 e. The minimum absolute atomic E-state index is 0. The summed E-state index contributed by atoms with van der Waals surface area (Å²) < 4.78 is 5.86. The van der Waals surface area contributed by atoms with Crippen LogP contribution in [0.2, 0.25) is 0 Å². The average molecular weight is 349 g/mol. The predicted molar refractivity (Wildman–Crippen MR) is 98.7 cm³/mol. The first-order valence-electron chi connectivity index (χ1n) is 7.70. The van der Waals surface area contributed by atoms with E-state index in [4.69, 9.17) is 4.74 Å². The van der Waals surface area contributed by atoms with E-state index in [9.17, 15) is 0 Å². The molecule has 0 saturated carbocycles. The van der Waals surface area contributed by atoms with E-state index >= 15 is 0 Å². The van der Waals surface area contributed by atoms with E-state index in [1.807, 2.05) is 6.92 Å². The van der Waals surface area contributed by atoms with Gasteiger partial charge in [-0.05, 0) is 18.4 Å². The van der Waals surface area contributed by atoms with E-state index in [-0.39, 0.29) is 30.2 Å². The van der Waals surface area contributed by atoms with Crippen molar-refractivity contribution in [2.24, 2.45) is 5.41 Å². The van der Waals surface area contributed by atoms with Crippen LogP contribution in [0, 0.1) is 5.41 Å². The summed E-state index contributed by atoms with van der Waals surface area (Å²) in [6, 6.07) is 8.90. The van der Waals surface area contributed by atoms with Crippen molar-refractivity contribution in [1.82, 2.24) is 10.2 Å². The molecule has 22 heavy (non-hydrogen) atoms. The zero-order valence-electron chi connectivity index (χ0n) is 14.1. The molecule has 5 heteroatoms. The number of ether oxygens (including phenoxy) is 1. The topological polar surface area (TPSA) is 24.5 Å². The van der Waals surface area contributed by atoms with Crippen molar-refractivity contribution >= 4 is 24.8 Å². The molecule has 3 nitrogen and oxygen atoms in total. The third-order valence-electron chi connectivity index (χ3n) is 3.85. The maximum Gasteiger partial charge on any atom is 0.124 e. The van der Waals surface area contributed by atoms with Gasteiger partial charge in [0, 0.05) is 37.8 Å². The number of benzene rings is 1. The number of halogens is 2. The van der Waals surface area contributed by atoms with Crippen molar-refractivity contribution in [1.29, 1.82) is 0 Å².